The van der Waals surface area contributed by atoms with Crippen molar-refractivity contribution in [2.75, 3.05) is 13.1 Å². The molecule has 5 rings (SSSR count). The predicted molar refractivity (Wildman–Crippen MR) is 147 cm³/mol. The lowest BCUT2D eigenvalue weighted by Crippen LogP contribution is -2.29. The number of nitrogens with one attached hydrogen (secondary N) is 1. The second-order valence-corrected chi connectivity index (χ2v) is 10.1. The minimum atomic E-state index is -5.28. The van der Waals surface area contributed by atoms with Crippen molar-refractivity contribution < 1.29 is 27.5 Å². The van der Waals surface area contributed by atoms with Gasteiger partial charge in [0.1, 0.15) is 0 Å². The quantitative estimate of drug-likeness (QED) is 0.152. The molecule has 41 heavy (non-hydrogen) atoms. The molecule has 1 aliphatic rings. The maximum atomic E-state index is 12.8. The minimum absolute atomic E-state index is 0.124. The van der Waals surface area contributed by atoms with Crippen molar-refractivity contribution in [3.05, 3.63) is 94.4 Å². The van der Waals surface area contributed by atoms with Crippen LogP contribution in [0.2, 0.25) is 5.02 Å². The number of rotatable bonds is 9. The van der Waals surface area contributed by atoms with Crippen molar-refractivity contribution in [2.24, 2.45) is 0 Å². The molecule has 7 nitrogen and oxygen atoms in total. The number of pyridine rings is 1. The van der Waals surface area contributed by atoms with Crippen molar-refractivity contribution in [3.8, 4) is 22.4 Å². The Balaban J connectivity index is 1.20. The molecule has 11 heteroatoms. The Kier molecular flexibility index (Phi) is 8.51. The van der Waals surface area contributed by atoms with Crippen molar-refractivity contribution in [1.29, 1.82) is 0 Å². The van der Waals surface area contributed by atoms with Gasteiger partial charge in [-0.05, 0) is 79.2 Å². The first kappa shape index (κ1) is 28.5. The fourth-order valence-electron chi connectivity index (χ4n) is 4.87. The number of benzene rings is 2. The lowest BCUT2D eigenvalue weighted by atomic mass is 9.90. The number of halogens is 4. The molecule has 1 aliphatic carbocycles. The highest BCUT2D eigenvalue weighted by atomic mass is 35.5. The number of hydrogen-bond donors (Lipinski definition) is 1. The summed E-state index contributed by atoms with van der Waals surface area (Å²) in [5, 5.41) is 8.59. The van der Waals surface area contributed by atoms with Gasteiger partial charge in [-0.15, -0.1) is 0 Å². The van der Waals surface area contributed by atoms with Crippen LogP contribution in [-0.2, 0) is 35.3 Å². The number of aromatic nitrogens is 3. The average Bonchev–Trinajstić information content (AvgIpc) is 3.34. The highest BCUT2D eigenvalue weighted by Gasteiger charge is 2.43. The number of aryl methyl sites for hydroxylation is 2. The lowest BCUT2D eigenvalue weighted by molar-refractivity contribution is -0.193. The second kappa shape index (κ2) is 12.2. The summed E-state index contributed by atoms with van der Waals surface area (Å²) in [5.74, 6) is -3.90. The van der Waals surface area contributed by atoms with E-state index in [1.807, 2.05) is 24.3 Å². The predicted octanol–water partition coefficient (Wildman–Crippen LogP) is 5.83. The van der Waals surface area contributed by atoms with Crippen molar-refractivity contribution >= 4 is 23.5 Å². The van der Waals surface area contributed by atoms with Crippen LogP contribution in [0.15, 0.2) is 67.0 Å². The fraction of sp³-hybridized carbons (Fsp3) is 0.267. The zero-order chi connectivity index (χ0) is 29.0. The van der Waals surface area contributed by atoms with Gasteiger partial charge in [0, 0.05) is 35.1 Å². The van der Waals surface area contributed by atoms with Gasteiger partial charge in [0.05, 0.1) is 5.69 Å². The van der Waals surface area contributed by atoms with Crippen molar-refractivity contribution in [1.82, 2.24) is 20.1 Å². The number of alkyl halides is 3. The van der Waals surface area contributed by atoms with E-state index in [0.717, 1.165) is 28.7 Å². The number of ether oxygens (including phenoxy) is 1. The Morgan fingerprint density at radius 2 is 1.68 bits per heavy atom. The van der Waals surface area contributed by atoms with Gasteiger partial charge in [0.25, 0.3) is 0 Å². The van der Waals surface area contributed by atoms with E-state index in [9.17, 15) is 22.8 Å². The van der Waals surface area contributed by atoms with Crippen molar-refractivity contribution in [2.45, 2.75) is 38.4 Å². The summed E-state index contributed by atoms with van der Waals surface area (Å²) in [4.78, 5) is 28.2. The average molecular weight is 583 g/mol. The van der Waals surface area contributed by atoms with Gasteiger partial charge in [-0.1, -0.05) is 48.0 Å². The van der Waals surface area contributed by atoms with Crippen LogP contribution in [-0.4, -0.2) is 46.0 Å². The summed E-state index contributed by atoms with van der Waals surface area (Å²) in [5.41, 5.74) is 5.89. The van der Waals surface area contributed by atoms with Gasteiger partial charge in [0.15, 0.2) is 5.69 Å². The van der Waals surface area contributed by atoms with Crippen LogP contribution < -0.4 is 5.32 Å². The number of carbonyl (C=O) groups excluding carboxylic acids is 2. The van der Waals surface area contributed by atoms with Gasteiger partial charge in [-0.25, -0.2) is 9.59 Å². The zero-order valence-corrected chi connectivity index (χ0v) is 22.6. The first-order chi connectivity index (χ1) is 19.7. The number of nitrogens with zero attached hydrogens (tertiary/aromatic N) is 3. The molecule has 2 aromatic heterocycles. The molecule has 0 radical (unpaired) electrons. The van der Waals surface area contributed by atoms with Crippen LogP contribution in [0.1, 0.15) is 33.6 Å². The molecule has 1 N–H and O–H groups in total. The van der Waals surface area contributed by atoms with Crippen LogP contribution in [0.4, 0.5) is 13.2 Å². The topological polar surface area (TPSA) is 86.1 Å². The van der Waals surface area contributed by atoms with Gasteiger partial charge >= 0.3 is 18.1 Å². The van der Waals surface area contributed by atoms with E-state index in [1.165, 1.54) is 10.2 Å². The maximum Gasteiger partial charge on any atom is 0.491 e. The number of esters is 2. The SMILES string of the molecule is O=C(OC(=O)C(F)(F)F)c1c2c(nn1CCCNCCc1ccc(-c3ccc(Cl)cc3)cc1)-c1ccncc1CC2. The second-order valence-electron chi connectivity index (χ2n) is 9.66. The molecule has 0 spiro atoms. The normalized spacial score (nSPS) is 12.5. The molecule has 0 bridgehead atoms. The first-order valence-corrected chi connectivity index (χ1v) is 13.5. The monoisotopic (exact) mass is 582 g/mol. The molecule has 0 amide bonds. The fourth-order valence-corrected chi connectivity index (χ4v) is 4.99. The standard InChI is InChI=1S/C30H26ClF3N4O3/c31-23-9-6-21(7-10-23)20-4-2-19(3-5-20)12-15-35-14-1-17-38-27(28(39)41-29(40)30(32,33)34)25-11-8-22-18-36-16-13-24(22)26(25)37-38/h2-7,9-10,13,16,18,35H,1,8,11-12,14-15,17H2. The van der Waals surface area contributed by atoms with E-state index in [1.54, 1.807) is 18.5 Å². The highest BCUT2D eigenvalue weighted by Crippen LogP contribution is 2.34. The molecular formula is C30H26ClF3N4O3. The third-order valence-corrected chi connectivity index (χ3v) is 7.16. The summed E-state index contributed by atoms with van der Waals surface area (Å²) >= 11 is 5.97. The summed E-state index contributed by atoms with van der Waals surface area (Å²) in [6, 6.07) is 17.7. The van der Waals surface area contributed by atoms with E-state index in [4.69, 9.17) is 11.6 Å². The van der Waals surface area contributed by atoms with Crippen LogP contribution >= 0.6 is 11.6 Å². The first-order valence-electron chi connectivity index (χ1n) is 13.1. The van der Waals surface area contributed by atoms with E-state index in [-0.39, 0.29) is 12.2 Å². The Hall–Kier alpha value is -4.02. The van der Waals surface area contributed by atoms with Crippen LogP contribution in [0.3, 0.4) is 0 Å². The molecule has 212 valence electrons. The van der Waals surface area contributed by atoms with Gasteiger partial charge < -0.3 is 10.1 Å². The summed E-state index contributed by atoms with van der Waals surface area (Å²) in [6.45, 7) is 1.55. The van der Waals surface area contributed by atoms with Crippen LogP contribution in [0, 0.1) is 0 Å². The molecule has 4 aromatic rings. The molecule has 2 aromatic carbocycles. The Morgan fingerprint density at radius 1 is 0.976 bits per heavy atom. The van der Waals surface area contributed by atoms with Gasteiger partial charge in [-0.3, -0.25) is 9.67 Å². The molecule has 0 saturated heterocycles. The number of carbonyl (C=O) groups is 2. The number of fused-ring (bicyclic) bond motifs is 3. The van der Waals surface area contributed by atoms with Crippen LogP contribution in [0.25, 0.3) is 22.4 Å². The summed E-state index contributed by atoms with van der Waals surface area (Å²) < 4.78 is 43.9. The Bertz CT molecular complexity index is 1550. The third-order valence-electron chi connectivity index (χ3n) is 6.91. The smallest absolute Gasteiger partial charge is 0.381 e. The van der Waals surface area contributed by atoms with E-state index in [2.05, 4.69) is 44.4 Å². The maximum absolute atomic E-state index is 12.8. The van der Waals surface area contributed by atoms with E-state index >= 15 is 0 Å². The Labute approximate surface area is 239 Å². The van der Waals surface area contributed by atoms with E-state index < -0.39 is 18.1 Å². The molecule has 0 unspecified atom stereocenters. The molecule has 0 aliphatic heterocycles. The van der Waals surface area contributed by atoms with Crippen LogP contribution in [0.5, 0.6) is 0 Å². The molecular weight excluding hydrogens is 557 g/mol. The number of hydrogen-bond acceptors (Lipinski definition) is 6. The molecule has 0 saturated carbocycles. The molecule has 2 heterocycles. The third kappa shape index (κ3) is 6.66. The van der Waals surface area contributed by atoms with Gasteiger partial charge in [0.2, 0.25) is 0 Å². The molecule has 0 fully saturated rings. The largest absolute Gasteiger partial charge is 0.491 e. The Morgan fingerprint density at radius 3 is 2.39 bits per heavy atom. The van der Waals surface area contributed by atoms with Crippen molar-refractivity contribution in [3.63, 3.8) is 0 Å². The van der Waals surface area contributed by atoms with E-state index in [0.29, 0.717) is 48.6 Å². The minimum Gasteiger partial charge on any atom is -0.381 e. The van der Waals surface area contributed by atoms with Gasteiger partial charge in [-0.2, -0.15) is 18.3 Å². The molecule has 0 atom stereocenters. The lowest BCUT2D eigenvalue weighted by Gasteiger charge is -2.15. The summed E-state index contributed by atoms with van der Waals surface area (Å²) in [7, 11) is 0. The summed E-state index contributed by atoms with van der Waals surface area (Å²) in [6.07, 6.45) is 0.279. The highest BCUT2D eigenvalue weighted by molar-refractivity contribution is 6.30. The zero-order valence-electron chi connectivity index (χ0n) is 21.9.